The van der Waals surface area contributed by atoms with Gasteiger partial charge in [-0.25, -0.2) is 9.78 Å². The standard InChI is InChI=1S/C23H26N6O6/c1-3-5-10-28-21-20(22(31)25-23(28)32)27(9-4-2)18(24-21)14-35-19(30)13-26-11-8-15-12-16(29(33)34)6-7-17(15)26/h6-8,11-12H,3-5,9-10,13-14H2,1-2H3,(H,25,31,32). The van der Waals surface area contributed by atoms with Gasteiger partial charge in [0.05, 0.1) is 4.92 Å². The number of nitro benzene ring substituents is 1. The number of nitrogens with zero attached hydrogens (tertiary/aromatic N) is 5. The second-order valence-corrected chi connectivity index (χ2v) is 8.22. The van der Waals surface area contributed by atoms with E-state index in [0.717, 1.165) is 12.8 Å². The molecule has 0 saturated heterocycles. The average molecular weight is 482 g/mol. The van der Waals surface area contributed by atoms with E-state index in [0.29, 0.717) is 36.2 Å². The first kappa shape index (κ1) is 23.9. The number of hydrogen-bond acceptors (Lipinski definition) is 7. The number of hydrogen-bond donors (Lipinski definition) is 1. The van der Waals surface area contributed by atoms with Gasteiger partial charge in [0, 0.05) is 42.3 Å². The number of aromatic nitrogens is 5. The molecule has 0 fully saturated rings. The monoisotopic (exact) mass is 482 g/mol. The first-order chi connectivity index (χ1) is 16.8. The highest BCUT2D eigenvalue weighted by atomic mass is 16.6. The maximum atomic E-state index is 12.6. The zero-order chi connectivity index (χ0) is 25.1. The van der Waals surface area contributed by atoms with Crippen LogP contribution in [0.3, 0.4) is 0 Å². The summed E-state index contributed by atoms with van der Waals surface area (Å²) in [6.45, 7) is 4.58. The molecule has 0 bridgehead atoms. The van der Waals surface area contributed by atoms with Crippen LogP contribution in [0.5, 0.6) is 0 Å². The number of non-ortho nitro benzene ring substituents is 1. The number of imidazole rings is 1. The van der Waals surface area contributed by atoms with E-state index in [4.69, 9.17) is 4.74 Å². The van der Waals surface area contributed by atoms with Crippen LogP contribution in [0.25, 0.3) is 22.1 Å². The highest BCUT2D eigenvalue weighted by molar-refractivity contribution is 5.84. The molecule has 12 heteroatoms. The van der Waals surface area contributed by atoms with Crippen molar-refractivity contribution in [1.29, 1.82) is 0 Å². The molecule has 35 heavy (non-hydrogen) atoms. The molecule has 0 radical (unpaired) electrons. The Morgan fingerprint density at radius 3 is 2.66 bits per heavy atom. The molecule has 0 aliphatic heterocycles. The van der Waals surface area contributed by atoms with Crippen molar-refractivity contribution in [3.8, 4) is 0 Å². The minimum Gasteiger partial charge on any atom is -0.456 e. The average Bonchev–Trinajstić information content (AvgIpc) is 3.39. The number of nitro groups is 1. The lowest BCUT2D eigenvalue weighted by Gasteiger charge is -2.09. The zero-order valence-corrected chi connectivity index (χ0v) is 19.5. The van der Waals surface area contributed by atoms with Crippen molar-refractivity contribution in [2.45, 2.75) is 59.4 Å². The Hall–Kier alpha value is -4.22. The van der Waals surface area contributed by atoms with Crippen LogP contribution in [0, 0.1) is 10.1 Å². The number of esters is 1. The predicted octanol–water partition coefficient (Wildman–Crippen LogP) is 2.70. The van der Waals surface area contributed by atoms with Gasteiger partial charge in [-0.2, -0.15) is 0 Å². The third-order valence-electron chi connectivity index (χ3n) is 5.77. The van der Waals surface area contributed by atoms with Crippen LogP contribution >= 0.6 is 0 Å². The molecule has 3 aromatic heterocycles. The summed E-state index contributed by atoms with van der Waals surface area (Å²) < 4.78 is 10.2. The lowest BCUT2D eigenvalue weighted by molar-refractivity contribution is -0.384. The van der Waals surface area contributed by atoms with Crippen molar-refractivity contribution in [2.75, 3.05) is 0 Å². The van der Waals surface area contributed by atoms with Gasteiger partial charge in [0.2, 0.25) is 0 Å². The fourth-order valence-corrected chi connectivity index (χ4v) is 4.08. The van der Waals surface area contributed by atoms with Crippen molar-refractivity contribution in [2.24, 2.45) is 0 Å². The first-order valence-corrected chi connectivity index (χ1v) is 11.4. The first-order valence-electron chi connectivity index (χ1n) is 11.4. The summed E-state index contributed by atoms with van der Waals surface area (Å²) in [6.07, 6.45) is 3.99. The number of fused-ring (bicyclic) bond motifs is 2. The Bertz CT molecular complexity index is 1530. The Kier molecular flexibility index (Phi) is 6.80. The van der Waals surface area contributed by atoms with Gasteiger partial charge in [-0.15, -0.1) is 0 Å². The predicted molar refractivity (Wildman–Crippen MR) is 128 cm³/mol. The Balaban J connectivity index is 1.58. The molecule has 0 spiro atoms. The van der Waals surface area contributed by atoms with Crippen molar-refractivity contribution in [3.05, 3.63) is 67.2 Å². The van der Waals surface area contributed by atoms with Crippen LogP contribution in [-0.4, -0.2) is 34.6 Å². The summed E-state index contributed by atoms with van der Waals surface area (Å²) in [5.41, 5.74) is 0.165. The second kappa shape index (κ2) is 9.95. The van der Waals surface area contributed by atoms with Crippen molar-refractivity contribution in [3.63, 3.8) is 0 Å². The molecule has 4 rings (SSSR count). The molecule has 0 unspecified atom stereocenters. The summed E-state index contributed by atoms with van der Waals surface area (Å²) in [6, 6.07) is 6.11. The molecule has 3 heterocycles. The highest BCUT2D eigenvalue weighted by Gasteiger charge is 2.19. The number of ether oxygens (including phenoxy) is 1. The molecule has 0 amide bonds. The van der Waals surface area contributed by atoms with Gasteiger partial charge in [-0.3, -0.25) is 29.3 Å². The quantitative estimate of drug-likeness (QED) is 0.208. The van der Waals surface area contributed by atoms with E-state index in [2.05, 4.69) is 9.97 Å². The van der Waals surface area contributed by atoms with E-state index in [1.54, 1.807) is 27.5 Å². The van der Waals surface area contributed by atoms with Gasteiger partial charge >= 0.3 is 11.7 Å². The summed E-state index contributed by atoms with van der Waals surface area (Å²) in [4.78, 5) is 55.0. The van der Waals surface area contributed by atoms with Gasteiger partial charge in [0.1, 0.15) is 19.0 Å². The lowest BCUT2D eigenvalue weighted by Crippen LogP contribution is -2.31. The molecule has 12 nitrogen and oxygen atoms in total. The molecule has 184 valence electrons. The zero-order valence-electron chi connectivity index (χ0n) is 19.5. The van der Waals surface area contributed by atoms with E-state index >= 15 is 0 Å². The van der Waals surface area contributed by atoms with E-state index in [-0.39, 0.29) is 30.0 Å². The largest absolute Gasteiger partial charge is 0.456 e. The normalized spacial score (nSPS) is 11.4. The van der Waals surface area contributed by atoms with Gasteiger partial charge in [-0.05, 0) is 25.0 Å². The SMILES string of the molecule is CCCCn1c(=O)[nH]c(=O)c2c1nc(COC(=O)Cn1ccc3cc([N+](=O)[O-])ccc31)n2CCC. The molecule has 0 saturated carbocycles. The topological polar surface area (TPSA) is 147 Å². The van der Waals surface area contributed by atoms with Gasteiger partial charge < -0.3 is 13.9 Å². The summed E-state index contributed by atoms with van der Waals surface area (Å²) in [5, 5.41) is 11.6. The Morgan fingerprint density at radius 2 is 1.94 bits per heavy atom. The number of nitrogens with one attached hydrogen (secondary N) is 1. The molecular weight excluding hydrogens is 456 g/mol. The number of unbranched alkanes of at least 4 members (excludes halogenated alkanes) is 1. The number of rotatable bonds is 10. The smallest absolute Gasteiger partial charge is 0.330 e. The van der Waals surface area contributed by atoms with Crippen LogP contribution in [0.4, 0.5) is 5.69 Å². The molecule has 1 N–H and O–H groups in total. The number of carbonyl (C=O) groups excluding carboxylic acids is 1. The molecule has 4 aromatic rings. The van der Waals surface area contributed by atoms with Crippen molar-refractivity contribution in [1.82, 2.24) is 23.7 Å². The fourth-order valence-electron chi connectivity index (χ4n) is 4.08. The van der Waals surface area contributed by atoms with Crippen LogP contribution in [-0.2, 0) is 35.8 Å². The van der Waals surface area contributed by atoms with Gasteiger partial charge in [0.25, 0.3) is 11.2 Å². The summed E-state index contributed by atoms with van der Waals surface area (Å²) in [7, 11) is 0. The number of aryl methyl sites for hydroxylation is 2. The number of aromatic amines is 1. The lowest BCUT2D eigenvalue weighted by atomic mass is 10.2. The Morgan fingerprint density at radius 1 is 1.14 bits per heavy atom. The molecule has 0 atom stereocenters. The maximum absolute atomic E-state index is 12.6. The summed E-state index contributed by atoms with van der Waals surface area (Å²) in [5.74, 6) is -0.155. The number of benzene rings is 1. The van der Waals surface area contributed by atoms with E-state index in [1.165, 1.54) is 16.7 Å². The molecule has 0 aliphatic carbocycles. The van der Waals surface area contributed by atoms with Crippen LogP contribution in [0.15, 0.2) is 40.1 Å². The highest BCUT2D eigenvalue weighted by Crippen LogP contribution is 2.22. The third-order valence-corrected chi connectivity index (χ3v) is 5.77. The number of carbonyl (C=O) groups is 1. The van der Waals surface area contributed by atoms with Crippen LogP contribution in [0.1, 0.15) is 38.9 Å². The van der Waals surface area contributed by atoms with E-state index in [9.17, 15) is 24.5 Å². The Labute approximate surface area is 198 Å². The van der Waals surface area contributed by atoms with Crippen molar-refractivity contribution < 1.29 is 14.5 Å². The van der Waals surface area contributed by atoms with Gasteiger partial charge in [0.15, 0.2) is 11.2 Å². The third kappa shape index (κ3) is 4.72. The minimum atomic E-state index is -0.534. The van der Waals surface area contributed by atoms with Crippen LogP contribution < -0.4 is 11.2 Å². The summed E-state index contributed by atoms with van der Waals surface area (Å²) >= 11 is 0. The van der Waals surface area contributed by atoms with E-state index in [1.807, 2.05) is 13.8 Å². The van der Waals surface area contributed by atoms with Crippen LogP contribution in [0.2, 0.25) is 0 Å². The fraction of sp³-hybridized carbons (Fsp3) is 0.391. The van der Waals surface area contributed by atoms with Gasteiger partial charge in [-0.1, -0.05) is 20.3 Å². The minimum absolute atomic E-state index is 0.0277. The maximum Gasteiger partial charge on any atom is 0.330 e. The van der Waals surface area contributed by atoms with E-state index < -0.39 is 22.1 Å². The second-order valence-electron chi connectivity index (χ2n) is 8.22. The molecule has 1 aromatic carbocycles. The molecule has 0 aliphatic rings. The molecular formula is C23H26N6O6. The number of H-pyrrole nitrogens is 1. The van der Waals surface area contributed by atoms with Crippen molar-refractivity contribution >= 4 is 33.7 Å².